The van der Waals surface area contributed by atoms with E-state index in [0.717, 1.165) is 18.8 Å². The molecule has 0 radical (unpaired) electrons. The van der Waals surface area contributed by atoms with Gasteiger partial charge >= 0.3 is 0 Å². The molecule has 2 aromatic rings. The zero-order chi connectivity index (χ0) is 19.2. The van der Waals surface area contributed by atoms with Crippen molar-refractivity contribution in [3.8, 4) is 5.75 Å². The summed E-state index contributed by atoms with van der Waals surface area (Å²) < 4.78 is 5.85. The normalized spacial score (nSPS) is 10.7. The average molecular weight is 367 g/mol. The molecular formula is C25H34O2. The molecule has 0 heterocycles. The fraction of sp³-hybridized carbons (Fsp3) is 0.480. The molecular weight excluding hydrogens is 332 g/mol. The third-order valence-corrected chi connectivity index (χ3v) is 4.90. The van der Waals surface area contributed by atoms with Gasteiger partial charge in [0.15, 0.2) is 5.78 Å². The Kier molecular flexibility index (Phi) is 10.3. The van der Waals surface area contributed by atoms with Crippen molar-refractivity contribution in [3.05, 3.63) is 65.7 Å². The molecule has 0 saturated carbocycles. The number of carbonyl (C=O) groups excluding carboxylic acids is 1. The van der Waals surface area contributed by atoms with Crippen LogP contribution in [0.2, 0.25) is 0 Å². The summed E-state index contributed by atoms with van der Waals surface area (Å²) >= 11 is 0. The van der Waals surface area contributed by atoms with E-state index in [4.69, 9.17) is 4.74 Å². The van der Waals surface area contributed by atoms with Crippen LogP contribution in [0, 0.1) is 0 Å². The number of ether oxygens (including phenoxy) is 1. The van der Waals surface area contributed by atoms with Crippen molar-refractivity contribution in [3.63, 3.8) is 0 Å². The smallest absolute Gasteiger partial charge is 0.193 e. The molecule has 2 aromatic carbocycles. The van der Waals surface area contributed by atoms with Crippen LogP contribution in [0.1, 0.15) is 87.1 Å². The lowest BCUT2D eigenvalue weighted by molar-refractivity contribution is 0.103. The van der Waals surface area contributed by atoms with E-state index in [-0.39, 0.29) is 5.78 Å². The van der Waals surface area contributed by atoms with Crippen LogP contribution in [0.3, 0.4) is 0 Å². The molecule has 0 spiro atoms. The molecule has 2 nitrogen and oxygen atoms in total. The Bertz CT molecular complexity index is 648. The van der Waals surface area contributed by atoms with Crippen LogP contribution in [0.4, 0.5) is 0 Å². The van der Waals surface area contributed by atoms with Crippen molar-refractivity contribution in [1.82, 2.24) is 0 Å². The van der Waals surface area contributed by atoms with Crippen molar-refractivity contribution < 1.29 is 9.53 Å². The van der Waals surface area contributed by atoms with Gasteiger partial charge in [-0.1, -0.05) is 107 Å². The van der Waals surface area contributed by atoms with Gasteiger partial charge in [-0.15, -0.1) is 0 Å². The second-order valence-electron chi connectivity index (χ2n) is 7.25. The molecule has 0 aliphatic rings. The second kappa shape index (κ2) is 13.1. The van der Waals surface area contributed by atoms with Gasteiger partial charge in [-0.2, -0.15) is 0 Å². The Hall–Kier alpha value is -2.09. The Morgan fingerprint density at radius 1 is 0.704 bits per heavy atom. The molecule has 146 valence electrons. The number of unbranched alkanes of at least 4 members (excludes halogenated alkanes) is 9. The first-order chi connectivity index (χ1) is 13.3. The van der Waals surface area contributed by atoms with Gasteiger partial charge in [-0.25, -0.2) is 0 Å². The summed E-state index contributed by atoms with van der Waals surface area (Å²) in [5, 5.41) is 0. The van der Waals surface area contributed by atoms with E-state index >= 15 is 0 Å². The predicted molar refractivity (Wildman–Crippen MR) is 114 cm³/mol. The molecule has 2 heteroatoms. The van der Waals surface area contributed by atoms with E-state index < -0.39 is 0 Å². The quantitative estimate of drug-likeness (QED) is 0.261. The first-order valence-electron chi connectivity index (χ1n) is 10.6. The van der Waals surface area contributed by atoms with Gasteiger partial charge in [0.2, 0.25) is 0 Å². The molecule has 0 aliphatic carbocycles. The van der Waals surface area contributed by atoms with Crippen LogP contribution < -0.4 is 4.74 Å². The topological polar surface area (TPSA) is 26.3 Å². The van der Waals surface area contributed by atoms with Crippen LogP contribution in [0.25, 0.3) is 0 Å². The molecule has 0 fully saturated rings. The van der Waals surface area contributed by atoms with Gasteiger partial charge in [0.25, 0.3) is 0 Å². The van der Waals surface area contributed by atoms with Crippen LogP contribution in [-0.4, -0.2) is 12.4 Å². The number of ketones is 1. The first kappa shape index (κ1) is 21.2. The van der Waals surface area contributed by atoms with Crippen molar-refractivity contribution in [1.29, 1.82) is 0 Å². The maximum absolute atomic E-state index is 12.5. The van der Waals surface area contributed by atoms with Gasteiger partial charge in [0.05, 0.1) is 6.61 Å². The lowest BCUT2D eigenvalue weighted by Gasteiger charge is -2.08. The number of hydrogen-bond acceptors (Lipinski definition) is 2. The third-order valence-electron chi connectivity index (χ3n) is 4.90. The summed E-state index contributed by atoms with van der Waals surface area (Å²) in [6.07, 6.45) is 13.2. The average Bonchev–Trinajstić information content (AvgIpc) is 2.72. The minimum absolute atomic E-state index is 0.0417. The SMILES string of the molecule is CCCCCCCCCCCCOc1cccc(C(=O)c2ccccc2)c1. The maximum atomic E-state index is 12.5. The number of rotatable bonds is 14. The Balaban J connectivity index is 1.61. The van der Waals surface area contributed by atoms with E-state index in [9.17, 15) is 4.79 Å². The summed E-state index contributed by atoms with van der Waals surface area (Å²) in [6.45, 7) is 2.99. The zero-order valence-electron chi connectivity index (χ0n) is 16.8. The Labute approximate surface area is 165 Å². The van der Waals surface area contributed by atoms with Crippen LogP contribution in [0.15, 0.2) is 54.6 Å². The Morgan fingerprint density at radius 2 is 1.30 bits per heavy atom. The largest absolute Gasteiger partial charge is 0.494 e. The second-order valence-corrected chi connectivity index (χ2v) is 7.25. The molecule has 0 unspecified atom stereocenters. The molecule has 0 N–H and O–H groups in total. The van der Waals surface area contributed by atoms with Crippen molar-refractivity contribution in [2.24, 2.45) is 0 Å². The molecule has 0 aliphatic heterocycles. The third kappa shape index (κ3) is 8.43. The molecule has 0 atom stereocenters. The van der Waals surface area contributed by atoms with Crippen molar-refractivity contribution >= 4 is 5.78 Å². The Morgan fingerprint density at radius 3 is 1.96 bits per heavy atom. The van der Waals surface area contributed by atoms with Gasteiger partial charge in [-0.3, -0.25) is 4.79 Å². The summed E-state index contributed by atoms with van der Waals surface area (Å²) in [6, 6.07) is 16.9. The summed E-state index contributed by atoms with van der Waals surface area (Å²) in [5.41, 5.74) is 1.39. The van der Waals surface area contributed by atoms with Crippen LogP contribution >= 0.6 is 0 Å². The van der Waals surface area contributed by atoms with E-state index in [1.807, 2.05) is 54.6 Å². The molecule has 27 heavy (non-hydrogen) atoms. The fourth-order valence-corrected chi connectivity index (χ4v) is 3.26. The first-order valence-corrected chi connectivity index (χ1v) is 10.6. The van der Waals surface area contributed by atoms with Crippen molar-refractivity contribution in [2.45, 2.75) is 71.1 Å². The lowest BCUT2D eigenvalue weighted by atomic mass is 10.0. The maximum Gasteiger partial charge on any atom is 0.193 e. The fourth-order valence-electron chi connectivity index (χ4n) is 3.26. The van der Waals surface area contributed by atoms with E-state index in [2.05, 4.69) is 6.92 Å². The predicted octanol–water partition coefficient (Wildman–Crippen LogP) is 7.22. The number of hydrogen-bond donors (Lipinski definition) is 0. The highest BCUT2D eigenvalue weighted by atomic mass is 16.5. The molecule has 0 aromatic heterocycles. The lowest BCUT2D eigenvalue weighted by Crippen LogP contribution is -2.02. The minimum atomic E-state index is 0.0417. The summed E-state index contributed by atoms with van der Waals surface area (Å²) in [4.78, 5) is 12.5. The van der Waals surface area contributed by atoms with E-state index in [1.165, 1.54) is 57.8 Å². The molecule has 0 bridgehead atoms. The summed E-state index contributed by atoms with van der Waals surface area (Å²) in [5.74, 6) is 0.827. The monoisotopic (exact) mass is 366 g/mol. The highest BCUT2D eigenvalue weighted by Gasteiger charge is 2.09. The van der Waals surface area contributed by atoms with Crippen molar-refractivity contribution in [2.75, 3.05) is 6.61 Å². The van der Waals surface area contributed by atoms with Gasteiger partial charge < -0.3 is 4.74 Å². The minimum Gasteiger partial charge on any atom is -0.494 e. The van der Waals surface area contributed by atoms with Crippen LogP contribution in [-0.2, 0) is 0 Å². The number of benzene rings is 2. The molecule has 0 saturated heterocycles. The van der Waals surface area contributed by atoms with E-state index in [1.54, 1.807) is 0 Å². The zero-order valence-corrected chi connectivity index (χ0v) is 16.8. The highest BCUT2D eigenvalue weighted by molar-refractivity contribution is 6.09. The summed E-state index contributed by atoms with van der Waals surface area (Å²) in [7, 11) is 0. The van der Waals surface area contributed by atoms with Gasteiger partial charge in [0.1, 0.15) is 5.75 Å². The van der Waals surface area contributed by atoms with Crippen LogP contribution in [0.5, 0.6) is 5.75 Å². The molecule has 2 rings (SSSR count). The van der Waals surface area contributed by atoms with Gasteiger partial charge in [-0.05, 0) is 18.6 Å². The number of carbonyl (C=O) groups is 1. The van der Waals surface area contributed by atoms with Gasteiger partial charge in [0, 0.05) is 11.1 Å². The standard InChI is InChI=1S/C25H34O2/c1-2-3-4-5-6-7-8-9-10-14-20-27-24-19-15-18-23(21-24)25(26)22-16-12-11-13-17-22/h11-13,15-19,21H,2-10,14,20H2,1H3. The highest BCUT2D eigenvalue weighted by Crippen LogP contribution is 2.17. The van der Waals surface area contributed by atoms with E-state index in [0.29, 0.717) is 11.1 Å². The molecule has 0 amide bonds.